The van der Waals surface area contributed by atoms with E-state index < -0.39 is 0 Å². The molecule has 0 aromatic carbocycles. The standard InChI is InChI=1S/C13H23NO2/c1-11-3-2-7-14(8-4-11)13(15)12-5-9-16-10-6-12/h11-12H,2-10H2,1H3/t11-/m0/s1. The van der Waals surface area contributed by atoms with E-state index in [0.29, 0.717) is 5.91 Å². The Morgan fingerprint density at radius 2 is 1.88 bits per heavy atom. The fraction of sp³-hybridized carbons (Fsp3) is 0.923. The zero-order chi connectivity index (χ0) is 11.4. The highest BCUT2D eigenvalue weighted by molar-refractivity contribution is 5.78. The highest BCUT2D eigenvalue weighted by Crippen LogP contribution is 2.22. The van der Waals surface area contributed by atoms with Gasteiger partial charge in [-0.05, 0) is 38.0 Å². The third kappa shape index (κ3) is 2.97. The summed E-state index contributed by atoms with van der Waals surface area (Å²) in [6, 6.07) is 0. The summed E-state index contributed by atoms with van der Waals surface area (Å²) in [6.45, 7) is 5.77. The lowest BCUT2D eigenvalue weighted by Crippen LogP contribution is -2.39. The van der Waals surface area contributed by atoms with E-state index in [0.717, 1.165) is 45.1 Å². The van der Waals surface area contributed by atoms with E-state index in [1.54, 1.807) is 0 Å². The van der Waals surface area contributed by atoms with Crippen LogP contribution in [0.2, 0.25) is 0 Å². The zero-order valence-electron chi connectivity index (χ0n) is 10.3. The van der Waals surface area contributed by atoms with E-state index in [-0.39, 0.29) is 5.92 Å². The highest BCUT2D eigenvalue weighted by atomic mass is 16.5. The largest absolute Gasteiger partial charge is 0.381 e. The lowest BCUT2D eigenvalue weighted by Gasteiger charge is -2.28. The van der Waals surface area contributed by atoms with Gasteiger partial charge in [-0.3, -0.25) is 4.79 Å². The summed E-state index contributed by atoms with van der Waals surface area (Å²) in [7, 11) is 0. The van der Waals surface area contributed by atoms with Gasteiger partial charge in [0.2, 0.25) is 5.91 Å². The summed E-state index contributed by atoms with van der Waals surface area (Å²) in [5.41, 5.74) is 0. The predicted molar refractivity (Wildman–Crippen MR) is 63.1 cm³/mol. The van der Waals surface area contributed by atoms with E-state index in [2.05, 4.69) is 11.8 Å². The summed E-state index contributed by atoms with van der Waals surface area (Å²) in [5.74, 6) is 1.41. The second-order valence-corrected chi connectivity index (χ2v) is 5.25. The summed E-state index contributed by atoms with van der Waals surface area (Å²) in [5, 5.41) is 0. The number of amides is 1. The number of hydrogen-bond donors (Lipinski definition) is 0. The van der Waals surface area contributed by atoms with Crippen LogP contribution in [-0.4, -0.2) is 37.1 Å². The number of ether oxygens (including phenoxy) is 1. The normalized spacial score (nSPS) is 28.8. The lowest BCUT2D eigenvalue weighted by atomic mass is 9.98. The monoisotopic (exact) mass is 225 g/mol. The molecule has 0 radical (unpaired) electrons. The van der Waals surface area contributed by atoms with Crippen LogP contribution >= 0.6 is 0 Å². The molecule has 3 heteroatoms. The van der Waals surface area contributed by atoms with Gasteiger partial charge < -0.3 is 9.64 Å². The van der Waals surface area contributed by atoms with E-state index >= 15 is 0 Å². The van der Waals surface area contributed by atoms with E-state index in [9.17, 15) is 4.79 Å². The van der Waals surface area contributed by atoms with Crippen molar-refractivity contribution in [1.82, 2.24) is 4.90 Å². The Bertz CT molecular complexity index is 236. The second-order valence-electron chi connectivity index (χ2n) is 5.25. The van der Waals surface area contributed by atoms with E-state index in [1.165, 1.54) is 19.3 Å². The number of carbonyl (C=O) groups is 1. The van der Waals surface area contributed by atoms with Gasteiger partial charge in [0.05, 0.1) is 0 Å². The molecule has 1 atom stereocenters. The van der Waals surface area contributed by atoms with Crippen LogP contribution in [0.1, 0.15) is 39.0 Å². The van der Waals surface area contributed by atoms with Crippen molar-refractivity contribution in [3.63, 3.8) is 0 Å². The van der Waals surface area contributed by atoms with Crippen molar-refractivity contribution >= 4 is 5.91 Å². The minimum Gasteiger partial charge on any atom is -0.381 e. The molecule has 1 amide bonds. The second kappa shape index (κ2) is 5.67. The van der Waals surface area contributed by atoms with Crippen LogP contribution in [0.25, 0.3) is 0 Å². The Morgan fingerprint density at radius 1 is 1.12 bits per heavy atom. The molecule has 2 aliphatic rings. The molecule has 0 bridgehead atoms. The molecule has 16 heavy (non-hydrogen) atoms. The van der Waals surface area contributed by atoms with Crippen molar-refractivity contribution in [2.24, 2.45) is 11.8 Å². The number of likely N-dealkylation sites (tertiary alicyclic amines) is 1. The van der Waals surface area contributed by atoms with Crippen molar-refractivity contribution in [3.8, 4) is 0 Å². The van der Waals surface area contributed by atoms with E-state index in [4.69, 9.17) is 4.74 Å². The molecule has 0 aliphatic carbocycles. The molecule has 0 aromatic rings. The molecule has 0 unspecified atom stereocenters. The van der Waals surface area contributed by atoms with Gasteiger partial charge >= 0.3 is 0 Å². The third-order valence-corrected chi connectivity index (χ3v) is 3.90. The molecule has 0 N–H and O–H groups in total. The average molecular weight is 225 g/mol. The summed E-state index contributed by atoms with van der Waals surface area (Å²) >= 11 is 0. The Labute approximate surface area is 98.1 Å². The molecule has 0 saturated carbocycles. The minimum absolute atomic E-state index is 0.238. The van der Waals surface area contributed by atoms with Gasteiger partial charge in [0.15, 0.2) is 0 Å². The molecule has 92 valence electrons. The Morgan fingerprint density at radius 3 is 2.62 bits per heavy atom. The Hall–Kier alpha value is -0.570. The molecule has 3 nitrogen and oxygen atoms in total. The number of nitrogens with zero attached hydrogens (tertiary/aromatic N) is 1. The minimum atomic E-state index is 0.238. The van der Waals surface area contributed by atoms with Crippen LogP contribution in [0, 0.1) is 11.8 Å². The van der Waals surface area contributed by atoms with Crippen molar-refractivity contribution in [1.29, 1.82) is 0 Å². The summed E-state index contributed by atoms with van der Waals surface area (Å²) in [6.07, 6.45) is 5.47. The van der Waals surface area contributed by atoms with Gasteiger partial charge in [0.25, 0.3) is 0 Å². The van der Waals surface area contributed by atoms with Crippen LogP contribution in [0.4, 0.5) is 0 Å². The van der Waals surface area contributed by atoms with Crippen molar-refractivity contribution < 1.29 is 9.53 Å². The molecule has 0 aromatic heterocycles. The lowest BCUT2D eigenvalue weighted by molar-refractivity contribution is -0.138. The highest BCUT2D eigenvalue weighted by Gasteiger charge is 2.27. The van der Waals surface area contributed by atoms with Crippen LogP contribution in [0.5, 0.6) is 0 Å². The molecule has 2 heterocycles. The average Bonchev–Trinajstić information content (AvgIpc) is 2.54. The fourth-order valence-electron chi connectivity index (χ4n) is 2.69. The number of rotatable bonds is 1. The number of carbonyl (C=O) groups excluding carboxylic acids is 1. The first kappa shape index (κ1) is 11.9. The Kier molecular flexibility index (Phi) is 4.22. The number of hydrogen-bond acceptors (Lipinski definition) is 2. The topological polar surface area (TPSA) is 29.5 Å². The molecule has 0 spiro atoms. The van der Waals surface area contributed by atoms with Crippen LogP contribution in [-0.2, 0) is 9.53 Å². The predicted octanol–water partition coefficient (Wildman–Crippen LogP) is 2.06. The van der Waals surface area contributed by atoms with Crippen LogP contribution in [0.3, 0.4) is 0 Å². The fourth-order valence-corrected chi connectivity index (χ4v) is 2.69. The SMILES string of the molecule is C[C@H]1CCCN(C(=O)C2CCOCC2)CC1. The molecular formula is C13H23NO2. The quantitative estimate of drug-likeness (QED) is 0.683. The van der Waals surface area contributed by atoms with Gasteiger partial charge in [0.1, 0.15) is 0 Å². The smallest absolute Gasteiger partial charge is 0.225 e. The first-order valence-electron chi connectivity index (χ1n) is 6.64. The molecule has 2 rings (SSSR count). The first-order valence-corrected chi connectivity index (χ1v) is 6.64. The van der Waals surface area contributed by atoms with Gasteiger partial charge in [0, 0.05) is 32.2 Å². The Balaban J connectivity index is 1.87. The maximum atomic E-state index is 12.3. The van der Waals surface area contributed by atoms with Crippen molar-refractivity contribution in [2.45, 2.75) is 39.0 Å². The molecular weight excluding hydrogens is 202 g/mol. The van der Waals surface area contributed by atoms with Crippen LogP contribution in [0.15, 0.2) is 0 Å². The maximum Gasteiger partial charge on any atom is 0.225 e. The summed E-state index contributed by atoms with van der Waals surface area (Å²) in [4.78, 5) is 14.4. The first-order chi connectivity index (χ1) is 7.77. The van der Waals surface area contributed by atoms with Gasteiger partial charge in [-0.2, -0.15) is 0 Å². The molecule has 2 saturated heterocycles. The zero-order valence-corrected chi connectivity index (χ0v) is 10.3. The molecule has 2 fully saturated rings. The molecule has 2 aliphatic heterocycles. The van der Waals surface area contributed by atoms with Crippen molar-refractivity contribution in [2.75, 3.05) is 26.3 Å². The van der Waals surface area contributed by atoms with Gasteiger partial charge in [-0.25, -0.2) is 0 Å². The summed E-state index contributed by atoms with van der Waals surface area (Å²) < 4.78 is 5.31. The van der Waals surface area contributed by atoms with Crippen LogP contribution < -0.4 is 0 Å². The van der Waals surface area contributed by atoms with Gasteiger partial charge in [-0.1, -0.05) is 6.92 Å². The van der Waals surface area contributed by atoms with Crippen molar-refractivity contribution in [3.05, 3.63) is 0 Å². The maximum absolute atomic E-state index is 12.3. The third-order valence-electron chi connectivity index (χ3n) is 3.90. The van der Waals surface area contributed by atoms with E-state index in [1.807, 2.05) is 0 Å². The van der Waals surface area contributed by atoms with Gasteiger partial charge in [-0.15, -0.1) is 0 Å².